The summed E-state index contributed by atoms with van der Waals surface area (Å²) >= 11 is 0. The molecular weight excluding hydrogens is 396 g/mol. The Balaban J connectivity index is 1.79. The van der Waals surface area contributed by atoms with Gasteiger partial charge < -0.3 is 14.8 Å². The van der Waals surface area contributed by atoms with Crippen molar-refractivity contribution in [3.8, 4) is 0 Å². The molecule has 7 nitrogen and oxygen atoms in total. The van der Waals surface area contributed by atoms with Crippen LogP contribution in [0, 0.1) is 12.8 Å². The van der Waals surface area contributed by atoms with Crippen LogP contribution in [0.4, 0.5) is 5.69 Å². The zero-order chi connectivity index (χ0) is 22.1. The molecule has 4 rings (SSSR count). The van der Waals surface area contributed by atoms with Crippen LogP contribution in [0.2, 0.25) is 0 Å². The summed E-state index contributed by atoms with van der Waals surface area (Å²) < 4.78 is 10.2. The van der Waals surface area contributed by atoms with E-state index in [1.807, 2.05) is 19.1 Å². The van der Waals surface area contributed by atoms with Gasteiger partial charge in [0.1, 0.15) is 12.5 Å². The SMILES string of the molecule is COC(=O)C1C(C)=NC2=C(C(=O)OC2)C1c1ccccc1NC(=O)c1cccc(C)c1. The Morgan fingerprint density at radius 1 is 1.13 bits per heavy atom. The van der Waals surface area contributed by atoms with Gasteiger partial charge in [0.25, 0.3) is 5.91 Å². The number of benzene rings is 2. The maximum atomic E-state index is 12.9. The molecule has 1 amide bonds. The number of carbonyl (C=O) groups excluding carboxylic acids is 3. The molecule has 2 unspecified atom stereocenters. The van der Waals surface area contributed by atoms with Crippen LogP contribution in [-0.4, -0.2) is 37.3 Å². The summed E-state index contributed by atoms with van der Waals surface area (Å²) in [7, 11) is 1.30. The first kappa shape index (κ1) is 20.5. The standard InChI is InChI=1S/C24H22N2O5/c1-13-7-6-8-15(11-13)22(27)26-17-10-5-4-9-16(17)20-19(23(28)30-3)14(2)25-18-12-31-24(29)21(18)20/h4-11,19-20H,12H2,1-3H3,(H,26,27). The summed E-state index contributed by atoms with van der Waals surface area (Å²) in [5.41, 5.74) is 3.99. The predicted octanol–water partition coefficient (Wildman–Crippen LogP) is 3.41. The fourth-order valence-corrected chi connectivity index (χ4v) is 4.13. The number of aliphatic imine (C=N–C) groups is 1. The molecule has 0 bridgehead atoms. The van der Waals surface area contributed by atoms with Crippen LogP contribution in [0.5, 0.6) is 0 Å². The third-order valence-electron chi connectivity index (χ3n) is 5.56. The Labute approximate surface area is 179 Å². The Morgan fingerprint density at radius 3 is 2.65 bits per heavy atom. The smallest absolute Gasteiger partial charge is 0.337 e. The second-order valence-electron chi connectivity index (χ2n) is 7.58. The normalized spacial score (nSPS) is 20.0. The number of para-hydroxylation sites is 1. The number of cyclic esters (lactones) is 1. The van der Waals surface area contributed by atoms with Crippen LogP contribution in [0.15, 0.2) is 64.8 Å². The van der Waals surface area contributed by atoms with Gasteiger partial charge in [-0.25, -0.2) is 4.79 Å². The van der Waals surface area contributed by atoms with E-state index in [9.17, 15) is 14.4 Å². The van der Waals surface area contributed by atoms with E-state index in [2.05, 4.69) is 10.3 Å². The molecule has 158 valence electrons. The lowest BCUT2D eigenvalue weighted by molar-refractivity contribution is -0.143. The highest BCUT2D eigenvalue weighted by Gasteiger charge is 2.46. The maximum Gasteiger partial charge on any atom is 0.337 e. The van der Waals surface area contributed by atoms with Crippen molar-refractivity contribution >= 4 is 29.2 Å². The highest BCUT2D eigenvalue weighted by atomic mass is 16.5. The summed E-state index contributed by atoms with van der Waals surface area (Å²) in [5, 5.41) is 2.93. The number of rotatable bonds is 4. The fraction of sp³-hybridized carbons (Fsp3) is 0.250. The first-order valence-corrected chi connectivity index (χ1v) is 9.91. The molecule has 31 heavy (non-hydrogen) atoms. The van der Waals surface area contributed by atoms with Gasteiger partial charge in [-0.1, -0.05) is 35.9 Å². The van der Waals surface area contributed by atoms with Gasteiger partial charge in [0.05, 0.1) is 18.4 Å². The molecule has 7 heteroatoms. The zero-order valence-corrected chi connectivity index (χ0v) is 17.5. The summed E-state index contributed by atoms with van der Waals surface area (Å²) in [6, 6.07) is 14.4. The number of aryl methyl sites for hydroxylation is 1. The molecule has 2 heterocycles. The molecule has 0 saturated heterocycles. The van der Waals surface area contributed by atoms with Crippen LogP contribution < -0.4 is 5.32 Å². The molecule has 2 aliphatic heterocycles. The van der Waals surface area contributed by atoms with Gasteiger partial charge in [0.15, 0.2) is 0 Å². The minimum absolute atomic E-state index is 0.0632. The number of amides is 1. The first-order chi connectivity index (χ1) is 14.9. The molecule has 2 aliphatic rings. The predicted molar refractivity (Wildman–Crippen MR) is 115 cm³/mol. The number of ether oxygens (including phenoxy) is 2. The zero-order valence-electron chi connectivity index (χ0n) is 17.5. The molecule has 1 N–H and O–H groups in total. The van der Waals surface area contributed by atoms with E-state index in [1.54, 1.807) is 43.3 Å². The van der Waals surface area contributed by atoms with Crippen LogP contribution in [0.1, 0.15) is 34.3 Å². The molecule has 0 aromatic heterocycles. The number of hydrogen-bond acceptors (Lipinski definition) is 6. The number of hydrogen-bond donors (Lipinski definition) is 1. The number of carbonyl (C=O) groups is 3. The monoisotopic (exact) mass is 418 g/mol. The van der Waals surface area contributed by atoms with Crippen LogP contribution >= 0.6 is 0 Å². The van der Waals surface area contributed by atoms with Gasteiger partial charge in [-0.05, 0) is 37.6 Å². The van der Waals surface area contributed by atoms with Crippen molar-refractivity contribution in [1.82, 2.24) is 0 Å². The first-order valence-electron chi connectivity index (χ1n) is 9.91. The summed E-state index contributed by atoms with van der Waals surface area (Å²) in [4.78, 5) is 42.6. The molecule has 2 aromatic carbocycles. The Kier molecular flexibility index (Phi) is 5.42. The van der Waals surface area contributed by atoms with E-state index >= 15 is 0 Å². The fourth-order valence-electron chi connectivity index (χ4n) is 4.13. The van der Waals surface area contributed by atoms with E-state index in [0.717, 1.165) is 5.56 Å². The summed E-state index contributed by atoms with van der Waals surface area (Å²) in [6.07, 6.45) is 0. The largest absolute Gasteiger partial charge is 0.468 e. The van der Waals surface area contributed by atoms with E-state index in [0.29, 0.717) is 33.8 Å². The number of methoxy groups -OCH3 is 1. The number of nitrogens with one attached hydrogen (secondary N) is 1. The van der Waals surface area contributed by atoms with Crippen molar-refractivity contribution in [3.05, 3.63) is 76.5 Å². The Morgan fingerprint density at radius 2 is 1.90 bits per heavy atom. The second kappa shape index (κ2) is 8.18. The number of esters is 2. The van der Waals surface area contributed by atoms with E-state index in [1.165, 1.54) is 7.11 Å². The van der Waals surface area contributed by atoms with Gasteiger partial charge >= 0.3 is 11.9 Å². The van der Waals surface area contributed by atoms with Gasteiger partial charge in [-0.15, -0.1) is 0 Å². The molecule has 0 spiro atoms. The van der Waals surface area contributed by atoms with Crippen molar-refractivity contribution in [2.45, 2.75) is 19.8 Å². The van der Waals surface area contributed by atoms with Gasteiger partial charge in [0, 0.05) is 22.9 Å². The van der Waals surface area contributed by atoms with Crippen molar-refractivity contribution in [1.29, 1.82) is 0 Å². The van der Waals surface area contributed by atoms with Crippen LogP contribution in [-0.2, 0) is 19.1 Å². The van der Waals surface area contributed by atoms with Crippen LogP contribution in [0.3, 0.4) is 0 Å². The lowest BCUT2D eigenvalue weighted by atomic mass is 9.75. The molecule has 2 atom stereocenters. The lowest BCUT2D eigenvalue weighted by Gasteiger charge is -2.30. The third kappa shape index (κ3) is 3.74. The molecular formula is C24H22N2O5. The van der Waals surface area contributed by atoms with E-state index in [-0.39, 0.29) is 12.5 Å². The lowest BCUT2D eigenvalue weighted by Crippen LogP contribution is -2.35. The van der Waals surface area contributed by atoms with Crippen molar-refractivity contribution in [2.75, 3.05) is 19.0 Å². The highest BCUT2D eigenvalue weighted by molar-refractivity contribution is 6.09. The minimum Gasteiger partial charge on any atom is -0.468 e. The second-order valence-corrected chi connectivity index (χ2v) is 7.58. The third-order valence-corrected chi connectivity index (χ3v) is 5.56. The van der Waals surface area contributed by atoms with Gasteiger partial charge in [-0.3, -0.25) is 14.6 Å². The molecule has 0 saturated carbocycles. The van der Waals surface area contributed by atoms with E-state index < -0.39 is 23.8 Å². The van der Waals surface area contributed by atoms with Gasteiger partial charge in [-0.2, -0.15) is 0 Å². The maximum absolute atomic E-state index is 12.9. The highest BCUT2D eigenvalue weighted by Crippen LogP contribution is 2.44. The average Bonchev–Trinajstić information content (AvgIpc) is 3.13. The van der Waals surface area contributed by atoms with E-state index in [4.69, 9.17) is 9.47 Å². The van der Waals surface area contributed by atoms with Crippen LogP contribution in [0.25, 0.3) is 0 Å². The van der Waals surface area contributed by atoms with Crippen molar-refractivity contribution in [2.24, 2.45) is 10.9 Å². The topological polar surface area (TPSA) is 94.1 Å². The summed E-state index contributed by atoms with van der Waals surface area (Å²) in [5.74, 6) is -2.77. The molecule has 0 radical (unpaired) electrons. The molecule has 0 aliphatic carbocycles. The molecule has 0 fully saturated rings. The average molecular weight is 418 g/mol. The number of anilines is 1. The quantitative estimate of drug-likeness (QED) is 0.768. The minimum atomic E-state index is -0.800. The summed E-state index contributed by atoms with van der Waals surface area (Å²) in [6.45, 7) is 3.71. The molecule has 2 aromatic rings. The Bertz CT molecular complexity index is 1150. The van der Waals surface area contributed by atoms with Crippen molar-refractivity contribution in [3.63, 3.8) is 0 Å². The Hall–Kier alpha value is -3.74. The number of nitrogens with zero attached hydrogens (tertiary/aromatic N) is 1. The van der Waals surface area contributed by atoms with Gasteiger partial charge in [0.2, 0.25) is 0 Å². The van der Waals surface area contributed by atoms with Crippen molar-refractivity contribution < 1.29 is 23.9 Å².